The number of carboxylic acid groups (broad SMARTS) is 1. The number of benzene rings is 2. The summed E-state index contributed by atoms with van der Waals surface area (Å²) in [4.78, 5) is 27.0. The van der Waals surface area contributed by atoms with Crippen LogP contribution in [0.2, 0.25) is 0 Å². The highest BCUT2D eigenvalue weighted by Gasteiger charge is 2.62. The molecule has 3 aliphatic rings. The predicted octanol–water partition coefficient (Wildman–Crippen LogP) is 2.94. The molecule has 2 aromatic carbocycles. The summed E-state index contributed by atoms with van der Waals surface area (Å²) in [6, 6.07) is 14.6. The summed E-state index contributed by atoms with van der Waals surface area (Å²) >= 11 is 0. The molecule has 138 valence electrons. The number of nitrogens with zero attached hydrogens (tertiary/aromatic N) is 1. The topological polar surface area (TPSA) is 66.8 Å². The molecule has 1 saturated carbocycles. The van der Waals surface area contributed by atoms with Crippen molar-refractivity contribution >= 4 is 11.9 Å². The van der Waals surface area contributed by atoms with Crippen LogP contribution in [0, 0.1) is 5.92 Å². The predicted molar refractivity (Wildman–Crippen MR) is 98.6 cm³/mol. The maximum Gasteiger partial charge on any atom is 0.331 e. The Bertz CT molecular complexity index is 939. The van der Waals surface area contributed by atoms with Gasteiger partial charge in [-0.25, -0.2) is 4.79 Å². The fraction of sp³-hybridized carbons (Fsp3) is 0.364. The second-order valence-electron chi connectivity index (χ2n) is 7.73. The highest BCUT2D eigenvalue weighted by molar-refractivity contribution is 5.90. The number of aliphatic carboxylic acids is 1. The van der Waals surface area contributed by atoms with Gasteiger partial charge in [-0.3, -0.25) is 4.79 Å². The first-order chi connectivity index (χ1) is 13.1. The van der Waals surface area contributed by atoms with E-state index in [4.69, 9.17) is 4.74 Å². The quantitative estimate of drug-likeness (QED) is 0.891. The van der Waals surface area contributed by atoms with E-state index in [-0.39, 0.29) is 17.2 Å². The molecule has 27 heavy (non-hydrogen) atoms. The number of fused-ring (bicyclic) bond motifs is 3. The lowest BCUT2D eigenvalue weighted by atomic mass is 9.86. The fourth-order valence-electron chi connectivity index (χ4n) is 4.96. The first-order valence-corrected chi connectivity index (χ1v) is 9.45. The van der Waals surface area contributed by atoms with E-state index in [1.165, 1.54) is 0 Å². The van der Waals surface area contributed by atoms with Gasteiger partial charge in [0.1, 0.15) is 5.75 Å². The van der Waals surface area contributed by atoms with Crippen LogP contribution in [0.15, 0.2) is 48.5 Å². The molecule has 5 nitrogen and oxygen atoms in total. The molecule has 5 rings (SSSR count). The summed E-state index contributed by atoms with van der Waals surface area (Å²) in [7, 11) is 0. The van der Waals surface area contributed by atoms with Crippen molar-refractivity contribution in [2.75, 3.05) is 13.2 Å². The molecule has 3 atom stereocenters. The van der Waals surface area contributed by atoms with Crippen LogP contribution in [-0.2, 0) is 21.4 Å². The van der Waals surface area contributed by atoms with Gasteiger partial charge < -0.3 is 14.7 Å². The third-order valence-electron chi connectivity index (χ3n) is 6.40. The van der Waals surface area contributed by atoms with Crippen molar-refractivity contribution in [3.63, 3.8) is 0 Å². The molecule has 1 spiro atoms. The van der Waals surface area contributed by atoms with Gasteiger partial charge in [0.15, 0.2) is 6.04 Å². The smallest absolute Gasteiger partial charge is 0.331 e. The molecule has 0 aromatic heterocycles. The van der Waals surface area contributed by atoms with Gasteiger partial charge in [-0.15, -0.1) is 0 Å². The van der Waals surface area contributed by atoms with Crippen LogP contribution in [0.25, 0.3) is 0 Å². The number of carbonyl (C=O) groups excluding carboxylic acids is 1. The van der Waals surface area contributed by atoms with Crippen LogP contribution in [0.5, 0.6) is 5.75 Å². The van der Waals surface area contributed by atoms with Gasteiger partial charge in [-0.1, -0.05) is 42.5 Å². The third kappa shape index (κ3) is 2.37. The first kappa shape index (κ1) is 16.4. The summed E-state index contributed by atoms with van der Waals surface area (Å²) in [5, 5.41) is 9.85. The van der Waals surface area contributed by atoms with E-state index < -0.39 is 12.0 Å². The molecule has 1 N–H and O–H groups in total. The Morgan fingerprint density at radius 1 is 1.11 bits per heavy atom. The second kappa shape index (κ2) is 5.84. The van der Waals surface area contributed by atoms with E-state index in [1.54, 1.807) is 4.90 Å². The van der Waals surface area contributed by atoms with Gasteiger partial charge in [0.05, 0.1) is 6.61 Å². The third-order valence-corrected chi connectivity index (χ3v) is 6.40. The molecule has 2 aromatic rings. The Morgan fingerprint density at radius 2 is 1.89 bits per heavy atom. The normalized spacial score (nSPS) is 28.1. The summed E-state index contributed by atoms with van der Waals surface area (Å²) in [6.07, 6.45) is 2.28. The fourth-order valence-corrected chi connectivity index (χ4v) is 4.96. The van der Waals surface area contributed by atoms with Crippen molar-refractivity contribution in [1.29, 1.82) is 0 Å². The largest absolute Gasteiger partial charge is 0.493 e. The lowest BCUT2D eigenvalue weighted by molar-refractivity contribution is -0.152. The highest BCUT2D eigenvalue weighted by Crippen LogP contribution is 2.61. The molecule has 3 unspecified atom stereocenters. The van der Waals surface area contributed by atoms with Crippen LogP contribution >= 0.6 is 0 Å². The maximum atomic E-state index is 13.4. The zero-order chi connectivity index (χ0) is 18.6. The molecular weight excluding hydrogens is 342 g/mol. The van der Waals surface area contributed by atoms with E-state index >= 15 is 0 Å². The molecule has 0 saturated heterocycles. The Hall–Kier alpha value is -2.82. The van der Waals surface area contributed by atoms with Gasteiger partial charge in [0, 0.05) is 23.4 Å². The molecule has 1 aliphatic carbocycles. The Labute approximate surface area is 157 Å². The van der Waals surface area contributed by atoms with E-state index in [2.05, 4.69) is 0 Å². The summed E-state index contributed by atoms with van der Waals surface area (Å²) in [5.41, 5.74) is 2.67. The lowest BCUT2D eigenvalue weighted by Crippen LogP contribution is -2.45. The van der Waals surface area contributed by atoms with Crippen molar-refractivity contribution in [1.82, 2.24) is 4.90 Å². The van der Waals surface area contributed by atoms with Crippen LogP contribution in [0.4, 0.5) is 0 Å². The van der Waals surface area contributed by atoms with Gasteiger partial charge in [-0.05, 0) is 36.5 Å². The van der Waals surface area contributed by atoms with Crippen molar-refractivity contribution in [2.45, 2.75) is 30.7 Å². The molecule has 0 radical (unpaired) electrons. The van der Waals surface area contributed by atoms with Gasteiger partial charge >= 0.3 is 5.97 Å². The van der Waals surface area contributed by atoms with E-state index in [0.29, 0.717) is 19.6 Å². The standard InChI is InChI=1S/C22H21NO4/c24-20(17-13-22(17)10-12-27-18-8-4-3-7-16(18)22)23-11-9-14-5-1-2-6-15(14)19(23)21(25)26/h1-8,17,19H,9-13H2,(H,25,26). The minimum absolute atomic E-state index is 0.0337. The Morgan fingerprint density at radius 3 is 2.74 bits per heavy atom. The van der Waals surface area contributed by atoms with Crippen LogP contribution in [-0.4, -0.2) is 35.0 Å². The SMILES string of the molecule is O=C(O)C1c2ccccc2CCN1C(=O)C1CC12CCOc1ccccc12. The number of hydrogen-bond acceptors (Lipinski definition) is 3. The van der Waals surface area contributed by atoms with E-state index in [9.17, 15) is 14.7 Å². The van der Waals surface area contributed by atoms with Gasteiger partial charge in [-0.2, -0.15) is 0 Å². The Balaban J connectivity index is 1.47. The molecule has 5 heteroatoms. The van der Waals surface area contributed by atoms with Crippen LogP contribution in [0.3, 0.4) is 0 Å². The maximum absolute atomic E-state index is 13.4. The van der Waals surface area contributed by atoms with Crippen LogP contribution in [0.1, 0.15) is 35.6 Å². The molecule has 1 amide bonds. The van der Waals surface area contributed by atoms with Crippen molar-refractivity contribution in [3.05, 3.63) is 65.2 Å². The number of amides is 1. The lowest BCUT2D eigenvalue weighted by Gasteiger charge is -2.36. The van der Waals surface area contributed by atoms with Crippen molar-refractivity contribution < 1.29 is 19.4 Å². The minimum atomic E-state index is -0.961. The monoisotopic (exact) mass is 363 g/mol. The zero-order valence-corrected chi connectivity index (χ0v) is 14.9. The summed E-state index contributed by atoms with van der Waals surface area (Å²) < 4.78 is 5.76. The van der Waals surface area contributed by atoms with E-state index in [1.807, 2.05) is 48.5 Å². The number of carbonyl (C=O) groups is 2. The molecular formula is C22H21NO4. The molecule has 0 bridgehead atoms. The van der Waals surface area contributed by atoms with Crippen LogP contribution < -0.4 is 4.74 Å². The zero-order valence-electron chi connectivity index (χ0n) is 14.9. The molecule has 2 heterocycles. The van der Waals surface area contributed by atoms with E-state index in [0.717, 1.165) is 35.3 Å². The number of rotatable bonds is 2. The number of para-hydroxylation sites is 1. The summed E-state index contributed by atoms with van der Waals surface area (Å²) in [6.45, 7) is 1.06. The van der Waals surface area contributed by atoms with Crippen molar-refractivity contribution in [3.8, 4) is 5.75 Å². The average Bonchev–Trinajstić information content (AvgIpc) is 3.41. The number of hydrogen-bond donors (Lipinski definition) is 1. The minimum Gasteiger partial charge on any atom is -0.493 e. The number of ether oxygens (including phenoxy) is 1. The van der Waals surface area contributed by atoms with Gasteiger partial charge in [0.2, 0.25) is 5.91 Å². The average molecular weight is 363 g/mol. The molecule has 1 fully saturated rings. The first-order valence-electron chi connectivity index (χ1n) is 9.45. The number of carboxylic acids is 1. The Kier molecular flexibility index (Phi) is 3.54. The van der Waals surface area contributed by atoms with Crippen molar-refractivity contribution in [2.24, 2.45) is 5.92 Å². The second-order valence-corrected chi connectivity index (χ2v) is 7.73. The summed E-state index contributed by atoms with van der Waals surface area (Å²) in [5.74, 6) is -0.293. The van der Waals surface area contributed by atoms with Gasteiger partial charge in [0.25, 0.3) is 0 Å². The highest BCUT2D eigenvalue weighted by atomic mass is 16.5. The molecule has 2 aliphatic heterocycles.